The van der Waals surface area contributed by atoms with Crippen LogP contribution in [-0.4, -0.2) is 13.2 Å². The highest BCUT2D eigenvalue weighted by Gasteiger charge is 1.96. The first-order valence-electron chi connectivity index (χ1n) is 4.70. The fourth-order valence-electron chi connectivity index (χ4n) is 1.08. The van der Waals surface area contributed by atoms with Gasteiger partial charge in [0.2, 0.25) is 0 Å². The molecule has 1 rings (SSSR count). The molecule has 0 radical (unpaired) electrons. The zero-order valence-corrected chi connectivity index (χ0v) is 9.29. The molecule has 0 atom stereocenters. The lowest BCUT2D eigenvalue weighted by Crippen LogP contribution is -1.95. The molecule has 0 saturated carbocycles. The van der Waals surface area contributed by atoms with Crippen LogP contribution >= 0.6 is 11.6 Å². The summed E-state index contributed by atoms with van der Waals surface area (Å²) in [6.07, 6.45) is 1.80. The van der Waals surface area contributed by atoms with Crippen LogP contribution in [0, 0.1) is 11.3 Å². The van der Waals surface area contributed by atoms with E-state index in [2.05, 4.69) is 6.07 Å². The van der Waals surface area contributed by atoms with Gasteiger partial charge in [-0.2, -0.15) is 5.26 Å². The third kappa shape index (κ3) is 4.16. The van der Waals surface area contributed by atoms with E-state index in [0.717, 1.165) is 5.56 Å². The molecule has 78 valence electrons. The summed E-state index contributed by atoms with van der Waals surface area (Å²) in [6, 6.07) is 9.43. The van der Waals surface area contributed by atoms with Gasteiger partial charge in [0, 0.05) is 11.6 Å². The molecule has 0 aliphatic rings. The van der Waals surface area contributed by atoms with Crippen LogP contribution < -0.4 is 0 Å². The van der Waals surface area contributed by atoms with Crippen molar-refractivity contribution in [3.05, 3.63) is 40.4 Å². The quantitative estimate of drug-likeness (QED) is 0.731. The summed E-state index contributed by atoms with van der Waals surface area (Å²) in [4.78, 5) is 0. The first-order chi connectivity index (χ1) is 7.26. The van der Waals surface area contributed by atoms with Crippen LogP contribution in [0.25, 0.3) is 6.08 Å². The van der Waals surface area contributed by atoms with E-state index < -0.39 is 0 Å². The largest absolute Gasteiger partial charge is 0.376 e. The molecule has 0 fully saturated rings. The standard InChI is InChI=1S/C12H12ClNO/c1-2-15-9-11(8-14)7-10-3-5-12(13)6-4-10/h3-7H,2,9H2,1H3/b11-7-. The summed E-state index contributed by atoms with van der Waals surface area (Å²) in [6.45, 7) is 2.87. The zero-order valence-electron chi connectivity index (χ0n) is 8.53. The molecule has 1 aromatic rings. The van der Waals surface area contributed by atoms with Gasteiger partial charge >= 0.3 is 0 Å². The maximum absolute atomic E-state index is 8.84. The summed E-state index contributed by atoms with van der Waals surface area (Å²) in [5.41, 5.74) is 1.56. The Balaban J connectivity index is 2.75. The lowest BCUT2D eigenvalue weighted by atomic mass is 10.1. The van der Waals surface area contributed by atoms with Gasteiger partial charge in [0.05, 0.1) is 18.2 Å². The van der Waals surface area contributed by atoms with Gasteiger partial charge in [-0.15, -0.1) is 0 Å². The van der Waals surface area contributed by atoms with E-state index in [4.69, 9.17) is 21.6 Å². The Morgan fingerprint density at radius 1 is 1.47 bits per heavy atom. The molecule has 0 aliphatic heterocycles. The van der Waals surface area contributed by atoms with Crippen LogP contribution in [0.5, 0.6) is 0 Å². The Labute approximate surface area is 94.7 Å². The van der Waals surface area contributed by atoms with Gasteiger partial charge in [-0.3, -0.25) is 0 Å². The van der Waals surface area contributed by atoms with Crippen molar-refractivity contribution in [3.63, 3.8) is 0 Å². The molecule has 0 spiro atoms. The highest BCUT2D eigenvalue weighted by molar-refractivity contribution is 6.30. The molecular formula is C12H12ClNO. The van der Waals surface area contributed by atoms with Crippen molar-refractivity contribution in [2.45, 2.75) is 6.92 Å². The first-order valence-corrected chi connectivity index (χ1v) is 5.08. The molecule has 0 aromatic heterocycles. The summed E-state index contributed by atoms with van der Waals surface area (Å²) in [7, 11) is 0. The Morgan fingerprint density at radius 2 is 2.13 bits per heavy atom. The lowest BCUT2D eigenvalue weighted by molar-refractivity contribution is 0.174. The molecule has 0 amide bonds. The first kappa shape index (κ1) is 11.8. The molecule has 15 heavy (non-hydrogen) atoms. The maximum Gasteiger partial charge on any atom is 0.0971 e. The van der Waals surface area contributed by atoms with Gasteiger partial charge in [-0.25, -0.2) is 0 Å². The molecule has 0 bridgehead atoms. The topological polar surface area (TPSA) is 33.0 Å². The van der Waals surface area contributed by atoms with Crippen LogP contribution in [0.4, 0.5) is 0 Å². The van der Waals surface area contributed by atoms with Crippen molar-refractivity contribution >= 4 is 17.7 Å². The minimum absolute atomic E-state index is 0.357. The van der Waals surface area contributed by atoms with Gasteiger partial charge < -0.3 is 4.74 Å². The number of hydrogen-bond donors (Lipinski definition) is 0. The third-order valence-electron chi connectivity index (χ3n) is 1.82. The molecule has 0 N–H and O–H groups in total. The second-order valence-corrected chi connectivity index (χ2v) is 3.41. The van der Waals surface area contributed by atoms with Crippen LogP contribution in [0.15, 0.2) is 29.8 Å². The Hall–Kier alpha value is -1.30. The monoisotopic (exact) mass is 221 g/mol. The van der Waals surface area contributed by atoms with E-state index in [1.165, 1.54) is 0 Å². The summed E-state index contributed by atoms with van der Waals surface area (Å²) in [5, 5.41) is 9.53. The second-order valence-electron chi connectivity index (χ2n) is 2.97. The van der Waals surface area contributed by atoms with Crippen molar-refractivity contribution in [2.75, 3.05) is 13.2 Å². The van der Waals surface area contributed by atoms with Gasteiger partial charge in [0.1, 0.15) is 0 Å². The van der Waals surface area contributed by atoms with Crippen molar-refractivity contribution in [1.29, 1.82) is 5.26 Å². The lowest BCUT2D eigenvalue weighted by Gasteiger charge is -1.99. The number of benzene rings is 1. The minimum atomic E-state index is 0.357. The molecular weight excluding hydrogens is 210 g/mol. The summed E-state index contributed by atoms with van der Waals surface area (Å²) in [5.74, 6) is 0. The molecule has 2 nitrogen and oxygen atoms in total. The highest BCUT2D eigenvalue weighted by atomic mass is 35.5. The molecule has 0 saturated heterocycles. The highest BCUT2D eigenvalue weighted by Crippen LogP contribution is 2.12. The number of rotatable bonds is 4. The van der Waals surface area contributed by atoms with Crippen molar-refractivity contribution in [3.8, 4) is 6.07 Å². The van der Waals surface area contributed by atoms with Crippen LogP contribution in [0.1, 0.15) is 12.5 Å². The Bertz CT molecular complexity index is 376. The zero-order chi connectivity index (χ0) is 11.1. The van der Waals surface area contributed by atoms with E-state index >= 15 is 0 Å². The van der Waals surface area contributed by atoms with E-state index in [-0.39, 0.29) is 0 Å². The van der Waals surface area contributed by atoms with Crippen LogP contribution in [-0.2, 0) is 4.74 Å². The molecule has 0 heterocycles. The normalized spacial score (nSPS) is 11.1. The van der Waals surface area contributed by atoms with E-state index in [1.54, 1.807) is 18.2 Å². The van der Waals surface area contributed by atoms with Crippen LogP contribution in [0.3, 0.4) is 0 Å². The van der Waals surface area contributed by atoms with E-state index in [9.17, 15) is 0 Å². The number of nitrogens with zero attached hydrogens (tertiary/aromatic N) is 1. The summed E-state index contributed by atoms with van der Waals surface area (Å²) >= 11 is 5.76. The minimum Gasteiger partial charge on any atom is -0.376 e. The SMILES string of the molecule is CCOC/C(C#N)=C\c1ccc(Cl)cc1. The predicted molar refractivity (Wildman–Crippen MR) is 61.5 cm³/mol. The molecule has 1 aromatic carbocycles. The van der Waals surface area contributed by atoms with Crippen molar-refractivity contribution in [2.24, 2.45) is 0 Å². The van der Waals surface area contributed by atoms with Gasteiger partial charge in [0.25, 0.3) is 0 Å². The smallest absolute Gasteiger partial charge is 0.0971 e. The third-order valence-corrected chi connectivity index (χ3v) is 2.07. The van der Waals surface area contributed by atoms with E-state index in [1.807, 2.05) is 19.1 Å². The van der Waals surface area contributed by atoms with E-state index in [0.29, 0.717) is 23.8 Å². The Kier molecular flexibility index (Phi) is 4.89. The Morgan fingerprint density at radius 3 is 2.67 bits per heavy atom. The fourth-order valence-corrected chi connectivity index (χ4v) is 1.20. The fraction of sp³-hybridized carbons (Fsp3) is 0.250. The number of halogens is 1. The average Bonchev–Trinajstić information content (AvgIpc) is 2.27. The van der Waals surface area contributed by atoms with Crippen molar-refractivity contribution in [1.82, 2.24) is 0 Å². The maximum atomic E-state index is 8.84. The summed E-state index contributed by atoms with van der Waals surface area (Å²) < 4.78 is 5.17. The predicted octanol–water partition coefficient (Wildman–Crippen LogP) is 3.28. The van der Waals surface area contributed by atoms with Gasteiger partial charge in [-0.05, 0) is 30.7 Å². The molecule has 0 unspecified atom stereocenters. The molecule has 3 heteroatoms. The average molecular weight is 222 g/mol. The second kappa shape index (κ2) is 6.23. The number of nitriles is 1. The number of hydrogen-bond acceptors (Lipinski definition) is 2. The molecule has 0 aliphatic carbocycles. The van der Waals surface area contributed by atoms with Gasteiger partial charge in [-0.1, -0.05) is 23.7 Å². The van der Waals surface area contributed by atoms with Crippen molar-refractivity contribution < 1.29 is 4.74 Å². The number of ether oxygens (including phenoxy) is 1. The van der Waals surface area contributed by atoms with Gasteiger partial charge in [0.15, 0.2) is 0 Å². The van der Waals surface area contributed by atoms with Crippen LogP contribution in [0.2, 0.25) is 5.02 Å².